The number of rotatable bonds is 18. The fourth-order valence-corrected chi connectivity index (χ4v) is 25.6. The van der Waals surface area contributed by atoms with Gasteiger partial charge in [0, 0.05) is 0 Å². The standard InChI is InChI=1S/6C4H9.5CN.Fe.NO.2Sn.2H/c6*1-3-4-2;5*1-2;;1-2;;;;/h6*1,3-4H2,2H3;;;;;;;;;;;/q;;;;;;5*-1;+6;-1;;;;. The molecule has 0 atom stereocenters. The van der Waals surface area contributed by atoms with Gasteiger partial charge in [0.2, 0.25) is 0 Å². The fourth-order valence-electron chi connectivity index (χ4n) is 3.82. The minimum atomic E-state index is -0.967. The van der Waals surface area contributed by atoms with Crippen molar-refractivity contribution in [3.05, 3.63) is 43.4 Å². The predicted molar refractivity (Wildman–Crippen MR) is 164 cm³/mol. The number of nitrogens with zero attached hydrogens (tertiary/aromatic N) is 6. The van der Waals surface area contributed by atoms with Crippen molar-refractivity contribution in [2.24, 2.45) is 0 Å². The van der Waals surface area contributed by atoms with Gasteiger partial charge in [-0.3, -0.25) is 0 Å². The molecule has 7 nitrogen and oxygen atoms in total. The Morgan fingerprint density at radius 2 is 0.487 bits per heavy atom. The summed E-state index contributed by atoms with van der Waals surface area (Å²) < 4.78 is 10.2. The maximum Gasteiger partial charge on any atom is 6.00 e. The monoisotopic (exact) mass is 800 g/mol. The first-order chi connectivity index (χ1) is 18.7. The minimum absolute atomic E-state index is 0. The van der Waals surface area contributed by atoms with Gasteiger partial charge in [-0.15, -0.1) is 0 Å². The summed E-state index contributed by atoms with van der Waals surface area (Å²) in [5.41, 5.74) is 5.75. The molecule has 0 saturated carbocycles. The molecule has 0 aromatic rings. The molecule has 0 saturated heterocycles. The van der Waals surface area contributed by atoms with Crippen molar-refractivity contribution < 1.29 is 17.1 Å². The molecule has 39 heavy (non-hydrogen) atoms. The average Bonchev–Trinajstić information content (AvgIpc) is 3.02. The first-order valence-electron chi connectivity index (χ1n) is 14.0. The van der Waals surface area contributed by atoms with E-state index in [1.807, 2.05) is 0 Å². The zero-order valence-corrected chi connectivity index (χ0v) is 33.5. The Bertz CT molecular complexity index is 353. The van der Waals surface area contributed by atoms with Gasteiger partial charge in [-0.25, -0.2) is 0 Å². The molecule has 10 heteroatoms. The Morgan fingerprint density at radius 1 is 0.385 bits per heavy atom. The van der Waals surface area contributed by atoms with Gasteiger partial charge in [-0.05, 0) is 0 Å². The predicted octanol–water partition coefficient (Wildman–Crippen LogP) is 10.0. The summed E-state index contributed by atoms with van der Waals surface area (Å²) in [5.74, 6) is 0. The van der Waals surface area contributed by atoms with Crippen molar-refractivity contribution in [2.45, 2.75) is 145 Å². The molecule has 0 heterocycles. The molecule has 0 N–H and O–H groups in total. The second-order valence-corrected chi connectivity index (χ2v) is 28.4. The van der Waals surface area contributed by atoms with Crippen LogP contribution in [-0.2, 0) is 17.1 Å². The first-order valence-corrected chi connectivity index (χ1v) is 28.0. The molecule has 0 fully saturated rings. The molecule has 0 aromatic heterocycles. The Hall–Kier alpha value is -0.833. The Labute approximate surface area is 269 Å². The van der Waals surface area contributed by atoms with E-state index in [9.17, 15) is 0 Å². The van der Waals surface area contributed by atoms with Crippen LogP contribution in [0.15, 0.2) is 0 Å². The molecule has 0 aliphatic heterocycles. The number of hydrogen-bond acceptors (Lipinski definition) is 6. The number of unbranched alkanes of at least 4 members (excludes halogenated alkanes) is 6. The van der Waals surface area contributed by atoms with Gasteiger partial charge in [-0.2, -0.15) is 0 Å². The molecular weight excluding hydrogens is 742 g/mol. The number of hydrogen-bond donors (Lipinski definition) is 0. The van der Waals surface area contributed by atoms with E-state index in [0.29, 0.717) is 0 Å². The van der Waals surface area contributed by atoms with Gasteiger partial charge in [0.15, 0.2) is 0 Å². The van der Waals surface area contributed by atoms with Crippen molar-refractivity contribution in [1.82, 2.24) is 0 Å². The molecule has 0 rings (SSSR count). The van der Waals surface area contributed by atoms with E-state index < -0.39 is 39.5 Å². The van der Waals surface area contributed by atoms with E-state index in [4.69, 9.17) is 69.7 Å². The Morgan fingerprint density at radius 3 is 0.564 bits per heavy atom. The Kier molecular flexibility index (Phi) is 144. The van der Waals surface area contributed by atoms with Crippen LogP contribution in [0.2, 0.25) is 26.6 Å². The minimum Gasteiger partial charge on any atom is -0.577 e. The SMILES string of the molecule is CCC[CH2][SnH]([CH2]CCC)[CH2]CCC.CCC[CH2][SnH]([CH2]CCC)[CH2]CCC.[C-]#N.[C-]#N.[C-]#N.[C-]#N.[C-]#N.[Fe+6].[N-]=O. The second kappa shape index (κ2) is 90.6. The molecule has 0 spiro atoms. The first kappa shape index (κ1) is 62.0. The smallest absolute Gasteiger partial charge is 0.577 e. The second-order valence-electron chi connectivity index (χ2n) is 8.59. The third-order valence-electron chi connectivity index (χ3n) is 5.80. The maximum absolute atomic E-state index is 7.25. The summed E-state index contributed by atoms with van der Waals surface area (Å²) in [4.78, 5) is 7.25. The summed E-state index contributed by atoms with van der Waals surface area (Å²) in [5, 5.41) is 31.2. The van der Waals surface area contributed by atoms with Gasteiger partial charge < -0.3 is 69.7 Å². The van der Waals surface area contributed by atoms with Gasteiger partial charge in [0.05, 0.1) is 0 Å². The molecular formula is C29H56FeN6OSn2. The zero-order chi connectivity index (χ0) is 31.9. The number of nitroso groups, excluding NO2 is 1. The van der Waals surface area contributed by atoms with Crippen molar-refractivity contribution in [2.75, 3.05) is 0 Å². The zero-order valence-electron chi connectivity index (χ0n) is 25.8. The van der Waals surface area contributed by atoms with E-state index >= 15 is 0 Å². The van der Waals surface area contributed by atoms with Crippen LogP contribution in [0.25, 0.3) is 5.59 Å². The van der Waals surface area contributed by atoms with Gasteiger partial charge in [-0.1, -0.05) is 0 Å². The fraction of sp³-hybridized carbons (Fsp3) is 0.828. The van der Waals surface area contributed by atoms with E-state index in [0.717, 1.165) is 0 Å². The van der Waals surface area contributed by atoms with Crippen LogP contribution >= 0.6 is 0 Å². The van der Waals surface area contributed by atoms with Crippen molar-refractivity contribution in [3.63, 3.8) is 0 Å². The topological polar surface area (TPSA) is 158 Å². The summed E-state index contributed by atoms with van der Waals surface area (Å²) in [7, 11) is 0. The molecule has 0 aromatic carbocycles. The molecule has 0 aliphatic carbocycles. The summed E-state index contributed by atoms with van der Waals surface area (Å²) in [6, 6.07) is 0. The summed E-state index contributed by atoms with van der Waals surface area (Å²) >= 11 is -1.93. The van der Waals surface area contributed by atoms with Crippen molar-refractivity contribution in [3.8, 4) is 0 Å². The molecule has 0 aliphatic rings. The van der Waals surface area contributed by atoms with Gasteiger partial charge >= 0.3 is 202 Å². The normalized spacial score (nSPS) is 7.74. The van der Waals surface area contributed by atoms with Crippen molar-refractivity contribution in [1.29, 1.82) is 26.3 Å². The molecule has 0 radical (unpaired) electrons. The third-order valence-corrected chi connectivity index (χ3v) is 26.8. The molecule has 0 unspecified atom stereocenters. The van der Waals surface area contributed by atoms with E-state index in [-0.39, 0.29) is 17.1 Å². The van der Waals surface area contributed by atoms with Crippen LogP contribution < -0.4 is 0 Å². The van der Waals surface area contributed by atoms with E-state index in [1.165, 1.54) is 77.0 Å². The van der Waals surface area contributed by atoms with Crippen LogP contribution in [0, 0.1) is 64.1 Å². The van der Waals surface area contributed by atoms with Gasteiger partial charge in [0.1, 0.15) is 0 Å². The molecule has 0 bridgehead atoms. The Balaban J connectivity index is -0.0000000465. The quantitative estimate of drug-likeness (QED) is 0.0992. The van der Waals surface area contributed by atoms with Gasteiger partial charge in [0.25, 0.3) is 0 Å². The maximum atomic E-state index is 7.25. The van der Waals surface area contributed by atoms with Crippen LogP contribution in [0.1, 0.15) is 119 Å². The molecule has 0 amide bonds. The van der Waals surface area contributed by atoms with E-state index in [1.54, 1.807) is 26.6 Å². The van der Waals surface area contributed by atoms with Crippen LogP contribution in [0.3, 0.4) is 0 Å². The van der Waals surface area contributed by atoms with E-state index in [2.05, 4.69) is 41.5 Å². The summed E-state index contributed by atoms with van der Waals surface area (Å²) in [6.07, 6.45) is 17.7. The molecule has 224 valence electrons. The largest absolute Gasteiger partial charge is 6.00 e. The van der Waals surface area contributed by atoms with Crippen LogP contribution in [0.5, 0.6) is 0 Å². The van der Waals surface area contributed by atoms with Crippen molar-refractivity contribution >= 4 is 39.5 Å². The summed E-state index contributed by atoms with van der Waals surface area (Å²) in [6.45, 7) is 37.8. The average molecular weight is 798 g/mol. The third kappa shape index (κ3) is 85.6. The van der Waals surface area contributed by atoms with Crippen LogP contribution in [-0.4, -0.2) is 39.5 Å². The van der Waals surface area contributed by atoms with Crippen LogP contribution in [0.4, 0.5) is 0 Å².